The maximum Gasteiger partial charge on any atom is 0.144 e. The number of ether oxygens (including phenoxy) is 2. The molecule has 1 atom stereocenters. The Balaban J connectivity index is 1.89. The van der Waals surface area contributed by atoms with Crippen LogP contribution in [0, 0.1) is 0 Å². The highest BCUT2D eigenvalue weighted by Gasteiger charge is 2.41. The molecule has 1 unspecified atom stereocenters. The van der Waals surface area contributed by atoms with Crippen LogP contribution in [0.5, 0.6) is 11.5 Å². The molecule has 0 saturated heterocycles. The summed E-state index contributed by atoms with van der Waals surface area (Å²) in [5.74, 6) is 1.63. The predicted molar refractivity (Wildman–Crippen MR) is 113 cm³/mol. The lowest BCUT2D eigenvalue weighted by Crippen LogP contribution is -2.16. The van der Waals surface area contributed by atoms with Gasteiger partial charge in [-0.1, -0.05) is 54.2 Å². The third kappa shape index (κ3) is 3.10. The fourth-order valence-electron chi connectivity index (χ4n) is 3.42. The van der Waals surface area contributed by atoms with Crippen molar-refractivity contribution < 1.29 is 9.47 Å². The largest absolute Gasteiger partial charge is 0.497 e. The molecule has 0 fully saturated rings. The van der Waals surface area contributed by atoms with E-state index in [1.54, 1.807) is 26.0 Å². The lowest BCUT2D eigenvalue weighted by Gasteiger charge is -2.24. The first-order chi connectivity index (χ1) is 13.2. The first-order valence-electron chi connectivity index (χ1n) is 8.81. The molecule has 4 heteroatoms. The molecule has 3 aromatic carbocycles. The van der Waals surface area contributed by atoms with E-state index in [1.807, 2.05) is 36.4 Å². The van der Waals surface area contributed by atoms with Crippen LogP contribution in [0.1, 0.15) is 23.6 Å². The first-order valence-corrected chi connectivity index (χ1v) is 9.62. The van der Waals surface area contributed by atoms with Gasteiger partial charge in [-0.2, -0.15) is 0 Å². The maximum absolute atomic E-state index is 5.49. The third-order valence-corrected chi connectivity index (χ3v) is 6.27. The Morgan fingerprint density at radius 2 is 1.59 bits per heavy atom. The summed E-state index contributed by atoms with van der Waals surface area (Å²) >= 11 is 1.77. The Morgan fingerprint density at radius 3 is 2.33 bits per heavy atom. The van der Waals surface area contributed by atoms with Crippen LogP contribution in [0.15, 0.2) is 77.8 Å². The molecule has 1 heterocycles. The molecular formula is C23H21NO2S. The number of methoxy groups -OCH3 is 2. The quantitative estimate of drug-likeness (QED) is 0.578. The van der Waals surface area contributed by atoms with Crippen molar-refractivity contribution in [1.29, 1.82) is 0 Å². The molecule has 0 aromatic heterocycles. The molecule has 27 heavy (non-hydrogen) atoms. The molecule has 0 saturated carbocycles. The molecule has 1 aliphatic heterocycles. The maximum atomic E-state index is 5.49. The monoisotopic (exact) mass is 375 g/mol. The van der Waals surface area contributed by atoms with Crippen LogP contribution in [0.2, 0.25) is 0 Å². The van der Waals surface area contributed by atoms with Crippen LogP contribution >= 0.6 is 11.8 Å². The van der Waals surface area contributed by atoms with Crippen molar-refractivity contribution in [1.82, 2.24) is 0 Å². The SMILES string of the molecule is COc1ccc2c(c1)C(C)(c1ccccc1)SC2=Nc1ccccc1OC. The van der Waals surface area contributed by atoms with Gasteiger partial charge in [0.15, 0.2) is 0 Å². The number of nitrogens with zero attached hydrogens (tertiary/aromatic N) is 1. The van der Waals surface area contributed by atoms with Crippen molar-refractivity contribution >= 4 is 22.5 Å². The van der Waals surface area contributed by atoms with Gasteiger partial charge >= 0.3 is 0 Å². The highest BCUT2D eigenvalue weighted by atomic mass is 32.2. The summed E-state index contributed by atoms with van der Waals surface area (Å²) < 4.78 is 10.7. The van der Waals surface area contributed by atoms with Gasteiger partial charge in [0.2, 0.25) is 0 Å². The molecule has 0 radical (unpaired) electrons. The van der Waals surface area contributed by atoms with E-state index in [1.165, 1.54) is 11.1 Å². The van der Waals surface area contributed by atoms with Gasteiger partial charge in [0.1, 0.15) is 22.2 Å². The number of rotatable bonds is 4. The average Bonchev–Trinajstić information content (AvgIpc) is 3.01. The van der Waals surface area contributed by atoms with E-state index in [0.717, 1.165) is 27.8 Å². The van der Waals surface area contributed by atoms with Gasteiger partial charge in [0, 0.05) is 5.56 Å². The number of fused-ring (bicyclic) bond motifs is 1. The molecule has 3 nitrogen and oxygen atoms in total. The van der Waals surface area contributed by atoms with Crippen LogP contribution in [0.4, 0.5) is 5.69 Å². The molecule has 3 aromatic rings. The van der Waals surface area contributed by atoms with Gasteiger partial charge in [-0.05, 0) is 48.4 Å². The topological polar surface area (TPSA) is 30.8 Å². The van der Waals surface area contributed by atoms with Crippen molar-refractivity contribution in [2.24, 2.45) is 4.99 Å². The minimum Gasteiger partial charge on any atom is -0.497 e. The summed E-state index contributed by atoms with van der Waals surface area (Å²) in [5.41, 5.74) is 4.43. The zero-order valence-electron chi connectivity index (χ0n) is 15.6. The van der Waals surface area contributed by atoms with Crippen LogP contribution in [0.25, 0.3) is 0 Å². The molecule has 0 N–H and O–H groups in total. The van der Waals surface area contributed by atoms with E-state index in [-0.39, 0.29) is 4.75 Å². The second kappa shape index (κ2) is 7.12. The minimum atomic E-state index is -0.230. The Bertz CT molecular complexity index is 1000. The van der Waals surface area contributed by atoms with Gasteiger partial charge in [0.05, 0.1) is 19.0 Å². The first kappa shape index (κ1) is 17.7. The lowest BCUT2D eigenvalue weighted by atomic mass is 9.89. The molecule has 0 aliphatic carbocycles. The zero-order valence-corrected chi connectivity index (χ0v) is 16.4. The Morgan fingerprint density at radius 1 is 0.852 bits per heavy atom. The molecule has 0 spiro atoms. The lowest BCUT2D eigenvalue weighted by molar-refractivity contribution is 0.414. The van der Waals surface area contributed by atoms with E-state index in [0.29, 0.717) is 0 Å². The summed E-state index contributed by atoms with van der Waals surface area (Å²) in [6.07, 6.45) is 0. The summed E-state index contributed by atoms with van der Waals surface area (Å²) in [7, 11) is 3.38. The van der Waals surface area contributed by atoms with Gasteiger partial charge in [-0.3, -0.25) is 0 Å². The molecule has 0 bridgehead atoms. The minimum absolute atomic E-state index is 0.230. The van der Waals surface area contributed by atoms with Crippen molar-refractivity contribution in [3.05, 3.63) is 89.5 Å². The van der Waals surface area contributed by atoms with Crippen LogP contribution in [-0.4, -0.2) is 19.3 Å². The second-order valence-electron chi connectivity index (χ2n) is 6.50. The second-order valence-corrected chi connectivity index (χ2v) is 7.91. The molecule has 0 amide bonds. The third-order valence-electron chi connectivity index (χ3n) is 4.90. The van der Waals surface area contributed by atoms with E-state index < -0.39 is 0 Å². The fourth-order valence-corrected chi connectivity index (χ4v) is 4.77. The van der Waals surface area contributed by atoms with Crippen molar-refractivity contribution in [2.75, 3.05) is 14.2 Å². The summed E-state index contributed by atoms with van der Waals surface area (Å²) in [5, 5.41) is 0.989. The van der Waals surface area contributed by atoms with E-state index in [2.05, 4.69) is 43.3 Å². The number of hydrogen-bond acceptors (Lipinski definition) is 4. The van der Waals surface area contributed by atoms with Crippen molar-refractivity contribution in [3.63, 3.8) is 0 Å². The molecule has 1 aliphatic rings. The van der Waals surface area contributed by atoms with Gasteiger partial charge < -0.3 is 9.47 Å². The predicted octanol–water partition coefficient (Wildman–Crippen LogP) is 5.79. The van der Waals surface area contributed by atoms with Gasteiger partial charge in [-0.15, -0.1) is 0 Å². The highest BCUT2D eigenvalue weighted by molar-refractivity contribution is 8.15. The highest BCUT2D eigenvalue weighted by Crippen LogP contribution is 2.53. The van der Waals surface area contributed by atoms with Crippen molar-refractivity contribution in [2.45, 2.75) is 11.7 Å². The number of para-hydroxylation sites is 2. The number of benzene rings is 3. The van der Waals surface area contributed by atoms with Crippen LogP contribution in [-0.2, 0) is 4.75 Å². The Kier molecular flexibility index (Phi) is 4.66. The summed E-state index contributed by atoms with van der Waals surface area (Å²) in [6.45, 7) is 2.25. The molecular weight excluding hydrogens is 354 g/mol. The summed E-state index contributed by atoms with van der Waals surface area (Å²) in [6, 6.07) is 24.6. The number of aliphatic imine (C=N–C) groups is 1. The van der Waals surface area contributed by atoms with E-state index in [9.17, 15) is 0 Å². The van der Waals surface area contributed by atoms with Gasteiger partial charge in [-0.25, -0.2) is 4.99 Å². The Labute approximate surface area is 164 Å². The smallest absolute Gasteiger partial charge is 0.144 e. The zero-order chi connectivity index (χ0) is 18.9. The number of hydrogen-bond donors (Lipinski definition) is 0. The fraction of sp³-hybridized carbons (Fsp3) is 0.174. The Hall–Kier alpha value is -2.72. The van der Waals surface area contributed by atoms with Crippen molar-refractivity contribution in [3.8, 4) is 11.5 Å². The van der Waals surface area contributed by atoms with Crippen LogP contribution in [0.3, 0.4) is 0 Å². The molecule has 136 valence electrons. The number of thioether (sulfide) groups is 1. The average molecular weight is 375 g/mol. The normalized spacial score (nSPS) is 19.7. The summed E-state index contributed by atoms with van der Waals surface area (Å²) in [4.78, 5) is 4.96. The van der Waals surface area contributed by atoms with Gasteiger partial charge in [0.25, 0.3) is 0 Å². The van der Waals surface area contributed by atoms with E-state index in [4.69, 9.17) is 14.5 Å². The van der Waals surface area contributed by atoms with E-state index >= 15 is 0 Å². The van der Waals surface area contributed by atoms with Crippen LogP contribution < -0.4 is 9.47 Å². The molecule has 4 rings (SSSR count). The standard InChI is InChI=1S/C23H21NO2S/c1-23(16-9-5-4-6-10-16)19-15-17(25-2)13-14-18(19)22(27-23)24-20-11-7-8-12-21(20)26-3/h4-15H,1-3H3.